The monoisotopic (exact) mass is 260 g/mol. The van der Waals surface area contributed by atoms with Crippen LogP contribution < -0.4 is 10.2 Å². The molecule has 2 heterocycles. The summed E-state index contributed by atoms with van der Waals surface area (Å²) in [5.41, 5.74) is 2.92. The normalized spacial score (nSPS) is 23.6. The maximum absolute atomic E-state index is 5.64. The second kappa shape index (κ2) is 5.93. The van der Waals surface area contributed by atoms with Gasteiger partial charge in [-0.1, -0.05) is 18.2 Å². The van der Waals surface area contributed by atoms with Gasteiger partial charge in [-0.2, -0.15) is 0 Å². The highest BCUT2D eigenvalue weighted by atomic mass is 16.5. The lowest BCUT2D eigenvalue weighted by Gasteiger charge is -2.28. The van der Waals surface area contributed by atoms with E-state index in [2.05, 4.69) is 41.4 Å². The Morgan fingerprint density at radius 1 is 1.42 bits per heavy atom. The zero-order valence-electron chi connectivity index (χ0n) is 11.8. The highest BCUT2D eigenvalue weighted by molar-refractivity contribution is 5.58. The Balaban J connectivity index is 1.49. The second-order valence-corrected chi connectivity index (χ2v) is 5.71. The minimum absolute atomic E-state index is 0.443. The standard InChI is InChI=1S/C16H24N2O/c1-13(11-17-12-15-6-4-10-19-15)18-9-8-14-5-2-3-7-16(14)18/h2-3,5,7,13,15,17H,4,6,8-12H2,1H3. The molecule has 1 saturated heterocycles. The molecule has 3 nitrogen and oxygen atoms in total. The fraction of sp³-hybridized carbons (Fsp3) is 0.625. The molecule has 0 radical (unpaired) electrons. The third-order valence-electron chi connectivity index (χ3n) is 4.29. The molecule has 2 aliphatic heterocycles. The lowest BCUT2D eigenvalue weighted by molar-refractivity contribution is 0.110. The van der Waals surface area contributed by atoms with Crippen LogP contribution in [0.5, 0.6) is 0 Å². The van der Waals surface area contributed by atoms with E-state index in [1.807, 2.05) is 0 Å². The number of nitrogens with one attached hydrogen (secondary N) is 1. The molecular weight excluding hydrogens is 236 g/mol. The molecule has 2 unspecified atom stereocenters. The first-order chi connectivity index (χ1) is 9.34. The average Bonchev–Trinajstić information content (AvgIpc) is 3.07. The molecule has 0 aliphatic carbocycles. The van der Waals surface area contributed by atoms with Crippen molar-refractivity contribution in [1.29, 1.82) is 0 Å². The third-order valence-corrected chi connectivity index (χ3v) is 4.29. The summed E-state index contributed by atoms with van der Waals surface area (Å²) in [5.74, 6) is 0. The van der Waals surface area contributed by atoms with Crippen molar-refractivity contribution in [3.63, 3.8) is 0 Å². The van der Waals surface area contributed by atoms with E-state index in [4.69, 9.17) is 4.74 Å². The van der Waals surface area contributed by atoms with E-state index in [0.29, 0.717) is 12.1 Å². The molecule has 0 bridgehead atoms. The molecule has 2 aliphatic rings. The zero-order valence-corrected chi connectivity index (χ0v) is 11.8. The largest absolute Gasteiger partial charge is 0.377 e. The first-order valence-electron chi connectivity index (χ1n) is 7.51. The number of hydrogen-bond acceptors (Lipinski definition) is 3. The van der Waals surface area contributed by atoms with Crippen LogP contribution in [0.4, 0.5) is 5.69 Å². The Labute approximate surface area is 115 Å². The molecule has 1 fully saturated rings. The summed E-state index contributed by atoms with van der Waals surface area (Å²) < 4.78 is 5.64. The Kier molecular flexibility index (Phi) is 4.04. The van der Waals surface area contributed by atoms with E-state index in [0.717, 1.165) is 26.2 Å². The topological polar surface area (TPSA) is 24.5 Å². The summed E-state index contributed by atoms with van der Waals surface area (Å²) in [4.78, 5) is 2.53. The third kappa shape index (κ3) is 2.93. The van der Waals surface area contributed by atoms with E-state index < -0.39 is 0 Å². The summed E-state index contributed by atoms with van der Waals surface area (Å²) in [7, 11) is 0. The highest BCUT2D eigenvalue weighted by Crippen LogP contribution is 2.28. The van der Waals surface area contributed by atoms with Crippen molar-refractivity contribution in [2.45, 2.75) is 38.3 Å². The number of fused-ring (bicyclic) bond motifs is 1. The minimum atomic E-state index is 0.443. The van der Waals surface area contributed by atoms with E-state index >= 15 is 0 Å². The Hall–Kier alpha value is -1.06. The second-order valence-electron chi connectivity index (χ2n) is 5.71. The summed E-state index contributed by atoms with van der Waals surface area (Å²) in [6.07, 6.45) is 4.07. The Bertz CT molecular complexity index is 415. The van der Waals surface area contributed by atoms with Crippen LogP contribution in [0.1, 0.15) is 25.3 Å². The van der Waals surface area contributed by atoms with Crippen LogP contribution in [0.15, 0.2) is 24.3 Å². The number of benzene rings is 1. The van der Waals surface area contributed by atoms with Gasteiger partial charge >= 0.3 is 0 Å². The molecular formula is C16H24N2O. The highest BCUT2D eigenvalue weighted by Gasteiger charge is 2.23. The van der Waals surface area contributed by atoms with E-state index in [1.54, 1.807) is 0 Å². The fourth-order valence-corrected chi connectivity index (χ4v) is 3.19. The van der Waals surface area contributed by atoms with Crippen molar-refractivity contribution in [2.24, 2.45) is 0 Å². The number of para-hydroxylation sites is 1. The molecule has 0 amide bonds. The van der Waals surface area contributed by atoms with Crippen LogP contribution in [0, 0.1) is 0 Å². The van der Waals surface area contributed by atoms with Gasteiger partial charge in [0.1, 0.15) is 0 Å². The maximum atomic E-state index is 5.64. The molecule has 0 saturated carbocycles. The van der Waals surface area contributed by atoms with Gasteiger partial charge < -0.3 is 15.0 Å². The van der Waals surface area contributed by atoms with E-state index in [-0.39, 0.29) is 0 Å². The lowest BCUT2D eigenvalue weighted by Crippen LogP contribution is -2.41. The number of anilines is 1. The first-order valence-corrected chi connectivity index (χ1v) is 7.51. The molecule has 2 atom stereocenters. The van der Waals surface area contributed by atoms with Crippen molar-refractivity contribution in [1.82, 2.24) is 5.32 Å². The van der Waals surface area contributed by atoms with Crippen molar-refractivity contribution >= 4 is 5.69 Å². The van der Waals surface area contributed by atoms with E-state index in [1.165, 1.54) is 30.5 Å². The zero-order chi connectivity index (χ0) is 13.1. The molecule has 19 heavy (non-hydrogen) atoms. The molecule has 3 rings (SSSR count). The number of hydrogen-bond donors (Lipinski definition) is 1. The Morgan fingerprint density at radius 2 is 2.32 bits per heavy atom. The quantitative estimate of drug-likeness (QED) is 0.878. The summed E-state index contributed by atoms with van der Waals surface area (Å²) in [6, 6.07) is 9.33. The van der Waals surface area contributed by atoms with Crippen molar-refractivity contribution in [2.75, 3.05) is 31.1 Å². The summed E-state index contributed by atoms with van der Waals surface area (Å²) >= 11 is 0. The lowest BCUT2D eigenvalue weighted by atomic mass is 10.2. The van der Waals surface area contributed by atoms with Crippen LogP contribution in [-0.2, 0) is 11.2 Å². The van der Waals surface area contributed by atoms with Crippen LogP contribution in [0.3, 0.4) is 0 Å². The Morgan fingerprint density at radius 3 is 3.16 bits per heavy atom. The van der Waals surface area contributed by atoms with Crippen molar-refractivity contribution < 1.29 is 4.74 Å². The van der Waals surface area contributed by atoms with Gasteiger partial charge in [-0.15, -0.1) is 0 Å². The van der Waals surface area contributed by atoms with Gasteiger partial charge in [0.2, 0.25) is 0 Å². The van der Waals surface area contributed by atoms with Gasteiger partial charge in [-0.05, 0) is 37.8 Å². The van der Waals surface area contributed by atoms with E-state index in [9.17, 15) is 0 Å². The average molecular weight is 260 g/mol. The number of nitrogens with zero attached hydrogens (tertiary/aromatic N) is 1. The molecule has 0 spiro atoms. The van der Waals surface area contributed by atoms with Crippen LogP contribution in [0.2, 0.25) is 0 Å². The SMILES string of the molecule is CC(CNCC1CCCO1)N1CCc2ccccc21. The predicted octanol–water partition coefficient (Wildman–Crippen LogP) is 2.21. The summed E-state index contributed by atoms with van der Waals surface area (Å²) in [5, 5.41) is 3.57. The molecule has 3 heteroatoms. The maximum Gasteiger partial charge on any atom is 0.0700 e. The molecule has 0 aromatic heterocycles. The van der Waals surface area contributed by atoms with Gasteiger partial charge in [-0.25, -0.2) is 0 Å². The van der Waals surface area contributed by atoms with Crippen LogP contribution >= 0.6 is 0 Å². The van der Waals surface area contributed by atoms with Gasteiger partial charge in [0, 0.05) is 38.0 Å². The van der Waals surface area contributed by atoms with Crippen LogP contribution in [0.25, 0.3) is 0 Å². The van der Waals surface area contributed by atoms with Gasteiger partial charge in [0.05, 0.1) is 6.10 Å². The number of ether oxygens (including phenoxy) is 1. The molecule has 1 N–H and O–H groups in total. The molecule has 1 aromatic rings. The van der Waals surface area contributed by atoms with Gasteiger partial charge in [0.15, 0.2) is 0 Å². The first kappa shape index (κ1) is 12.9. The molecule has 1 aromatic carbocycles. The van der Waals surface area contributed by atoms with Gasteiger partial charge in [-0.3, -0.25) is 0 Å². The minimum Gasteiger partial charge on any atom is -0.377 e. The summed E-state index contributed by atoms with van der Waals surface area (Å²) in [6.45, 7) is 6.45. The van der Waals surface area contributed by atoms with Crippen LogP contribution in [-0.4, -0.2) is 38.4 Å². The van der Waals surface area contributed by atoms with Crippen molar-refractivity contribution in [3.8, 4) is 0 Å². The predicted molar refractivity (Wildman–Crippen MR) is 78.8 cm³/mol. The number of rotatable bonds is 5. The fourth-order valence-electron chi connectivity index (χ4n) is 3.19. The molecule has 104 valence electrons. The smallest absolute Gasteiger partial charge is 0.0700 e. The van der Waals surface area contributed by atoms with Gasteiger partial charge in [0.25, 0.3) is 0 Å². The van der Waals surface area contributed by atoms with Crippen molar-refractivity contribution in [3.05, 3.63) is 29.8 Å².